The molecule has 0 bridgehead atoms. The van der Waals surface area contributed by atoms with E-state index in [0.717, 1.165) is 33.0 Å². The number of hydrogen-bond acceptors (Lipinski definition) is 5. The molecule has 2 rings (SSSR count). The number of likely N-dealkylation sites (N-methyl/N-ethyl adjacent to an activating group) is 1. The molecule has 0 amide bonds. The van der Waals surface area contributed by atoms with Crippen LogP contribution in [0.5, 0.6) is 0 Å². The van der Waals surface area contributed by atoms with E-state index >= 15 is 0 Å². The highest BCUT2D eigenvalue weighted by atomic mass is 16.5. The first-order valence-electron chi connectivity index (χ1n) is 11.3. The molecule has 1 N–H and O–H groups in total. The Morgan fingerprint density at radius 3 is 1.93 bits per heavy atom. The Morgan fingerprint density at radius 1 is 0.815 bits per heavy atom. The van der Waals surface area contributed by atoms with Crippen LogP contribution < -0.4 is 5.32 Å². The van der Waals surface area contributed by atoms with Crippen molar-refractivity contribution < 1.29 is 4.74 Å². The molecule has 2 saturated heterocycles. The quantitative estimate of drug-likeness (QED) is 0.678. The van der Waals surface area contributed by atoms with Crippen LogP contribution in [0.25, 0.3) is 0 Å². The topological polar surface area (TPSA) is 31.0 Å². The van der Waals surface area contributed by atoms with Gasteiger partial charge in [0.1, 0.15) is 0 Å². The van der Waals surface area contributed by atoms with Crippen molar-refractivity contribution in [3.8, 4) is 0 Å². The zero-order valence-electron chi connectivity index (χ0n) is 19.6. The monoisotopic (exact) mass is 386 g/mol. The van der Waals surface area contributed by atoms with Crippen LogP contribution >= 0.6 is 0 Å². The van der Waals surface area contributed by atoms with Crippen LogP contribution in [0, 0.1) is 5.41 Å². The van der Waals surface area contributed by atoms with Crippen LogP contribution in [0.2, 0.25) is 0 Å². The van der Waals surface area contributed by atoms with Gasteiger partial charge in [-0.1, -0.05) is 47.5 Å². The van der Waals surface area contributed by atoms with Gasteiger partial charge in [0.25, 0.3) is 0 Å². The Balaban J connectivity index is 0.000000488. The zero-order chi connectivity index (χ0) is 20.5. The Bertz CT molecular complexity index is 306. The summed E-state index contributed by atoms with van der Waals surface area (Å²) < 4.78 is 5.33. The van der Waals surface area contributed by atoms with Gasteiger partial charge in [0.15, 0.2) is 0 Å². The van der Waals surface area contributed by atoms with E-state index in [9.17, 15) is 0 Å². The summed E-state index contributed by atoms with van der Waals surface area (Å²) in [6.07, 6.45) is 5.48. The second kappa shape index (κ2) is 16.7. The van der Waals surface area contributed by atoms with Gasteiger partial charge in [0.2, 0.25) is 0 Å². The van der Waals surface area contributed by atoms with Gasteiger partial charge in [0, 0.05) is 45.9 Å². The predicted octanol–water partition coefficient (Wildman–Crippen LogP) is 3.36. The summed E-state index contributed by atoms with van der Waals surface area (Å²) in [7, 11) is 4.18. The van der Waals surface area contributed by atoms with E-state index in [1.165, 1.54) is 58.4 Å². The van der Waals surface area contributed by atoms with Crippen molar-refractivity contribution in [2.45, 2.75) is 60.3 Å². The van der Waals surface area contributed by atoms with Gasteiger partial charge in [-0.2, -0.15) is 0 Å². The largest absolute Gasteiger partial charge is 0.379 e. The number of nitrogens with one attached hydrogen (secondary N) is 1. The fraction of sp³-hybridized carbons (Fsp3) is 1.00. The SMILES string of the molecule is CC.CC(C)(C)CCCCCN1CCOCC1.CNCN1CCN(C)CC1. The van der Waals surface area contributed by atoms with E-state index in [2.05, 4.69) is 47.8 Å². The van der Waals surface area contributed by atoms with E-state index in [1.807, 2.05) is 20.9 Å². The Morgan fingerprint density at radius 2 is 1.41 bits per heavy atom. The molecule has 27 heavy (non-hydrogen) atoms. The molecular formula is C22H50N4O. The molecule has 2 aliphatic rings. The summed E-state index contributed by atoms with van der Waals surface area (Å²) >= 11 is 0. The van der Waals surface area contributed by atoms with Gasteiger partial charge in [-0.05, 0) is 38.9 Å². The standard InChI is InChI=1S/C13H27NO.C7H17N3.C2H6/c1-13(2,3)7-5-4-6-8-14-9-11-15-12-10-14;1-8-7-10-5-3-9(2)4-6-10;1-2/h4-12H2,1-3H3;8H,3-7H2,1-2H3;1-2H3. The van der Waals surface area contributed by atoms with E-state index < -0.39 is 0 Å². The summed E-state index contributed by atoms with van der Waals surface area (Å²) in [4.78, 5) is 7.33. The number of ether oxygens (including phenoxy) is 1. The number of hydrogen-bond donors (Lipinski definition) is 1. The number of morpholine rings is 1. The first-order valence-corrected chi connectivity index (χ1v) is 11.3. The molecule has 0 spiro atoms. The number of nitrogens with zero attached hydrogens (tertiary/aromatic N) is 3. The fourth-order valence-electron chi connectivity index (χ4n) is 3.22. The molecule has 0 aliphatic carbocycles. The lowest BCUT2D eigenvalue weighted by molar-refractivity contribution is 0.0370. The zero-order valence-corrected chi connectivity index (χ0v) is 19.6. The predicted molar refractivity (Wildman–Crippen MR) is 120 cm³/mol. The van der Waals surface area contributed by atoms with Gasteiger partial charge in [-0.3, -0.25) is 9.80 Å². The highest BCUT2D eigenvalue weighted by molar-refractivity contribution is 4.67. The third-order valence-electron chi connectivity index (χ3n) is 4.98. The first kappa shape index (κ1) is 26.8. The van der Waals surface area contributed by atoms with Crippen molar-refractivity contribution in [3.63, 3.8) is 0 Å². The highest BCUT2D eigenvalue weighted by Crippen LogP contribution is 2.22. The summed E-state index contributed by atoms with van der Waals surface area (Å²) in [6, 6.07) is 0. The molecule has 0 saturated carbocycles. The van der Waals surface area contributed by atoms with Crippen LogP contribution in [0.4, 0.5) is 0 Å². The average Bonchev–Trinajstić information content (AvgIpc) is 2.66. The van der Waals surface area contributed by atoms with Gasteiger partial charge in [0.05, 0.1) is 13.2 Å². The maximum absolute atomic E-state index is 5.33. The van der Waals surface area contributed by atoms with Crippen LogP contribution in [0.15, 0.2) is 0 Å². The van der Waals surface area contributed by atoms with Gasteiger partial charge < -0.3 is 15.0 Å². The van der Waals surface area contributed by atoms with Crippen molar-refractivity contribution in [2.75, 3.05) is 79.8 Å². The summed E-state index contributed by atoms with van der Waals surface area (Å²) in [5.74, 6) is 0. The number of unbranched alkanes of at least 4 members (excludes halogenated alkanes) is 2. The van der Waals surface area contributed by atoms with Gasteiger partial charge in [-0.25, -0.2) is 0 Å². The number of rotatable bonds is 7. The minimum Gasteiger partial charge on any atom is -0.379 e. The maximum atomic E-state index is 5.33. The molecule has 0 aromatic rings. The van der Waals surface area contributed by atoms with Crippen LogP contribution in [0.3, 0.4) is 0 Å². The van der Waals surface area contributed by atoms with Gasteiger partial charge in [-0.15, -0.1) is 0 Å². The smallest absolute Gasteiger partial charge is 0.0594 e. The lowest BCUT2D eigenvalue weighted by Gasteiger charge is -2.31. The minimum absolute atomic E-state index is 0.513. The Kier molecular flexibility index (Phi) is 16.6. The second-order valence-corrected chi connectivity index (χ2v) is 8.76. The summed E-state index contributed by atoms with van der Waals surface area (Å²) in [6.45, 7) is 22.3. The van der Waals surface area contributed by atoms with Crippen molar-refractivity contribution in [2.24, 2.45) is 5.41 Å². The number of piperazine rings is 1. The molecule has 0 unspecified atom stereocenters. The molecule has 0 aromatic heterocycles. The molecule has 164 valence electrons. The van der Waals surface area contributed by atoms with Gasteiger partial charge >= 0.3 is 0 Å². The van der Waals surface area contributed by atoms with Crippen LogP contribution in [0.1, 0.15) is 60.3 Å². The molecule has 0 atom stereocenters. The van der Waals surface area contributed by atoms with Crippen molar-refractivity contribution in [1.29, 1.82) is 0 Å². The molecule has 2 fully saturated rings. The molecule has 5 heteroatoms. The summed E-state index contributed by atoms with van der Waals surface area (Å²) in [5.41, 5.74) is 0.513. The highest BCUT2D eigenvalue weighted by Gasteiger charge is 2.12. The van der Waals surface area contributed by atoms with E-state index in [-0.39, 0.29) is 0 Å². The molecule has 5 nitrogen and oxygen atoms in total. The lowest BCUT2D eigenvalue weighted by Crippen LogP contribution is -2.47. The van der Waals surface area contributed by atoms with Crippen molar-refractivity contribution in [3.05, 3.63) is 0 Å². The summed E-state index contributed by atoms with van der Waals surface area (Å²) in [5, 5.41) is 3.16. The molecule has 0 aromatic carbocycles. The Hall–Kier alpha value is -0.200. The first-order chi connectivity index (χ1) is 12.9. The molecule has 0 radical (unpaired) electrons. The van der Waals surface area contributed by atoms with E-state index in [0.29, 0.717) is 5.41 Å². The van der Waals surface area contributed by atoms with E-state index in [4.69, 9.17) is 4.74 Å². The normalized spacial score (nSPS) is 19.7. The Labute approximate surface area is 170 Å². The molecule has 2 aliphatic heterocycles. The third kappa shape index (κ3) is 16.5. The molecule has 2 heterocycles. The lowest BCUT2D eigenvalue weighted by atomic mass is 9.89. The maximum Gasteiger partial charge on any atom is 0.0594 e. The van der Waals surface area contributed by atoms with E-state index in [1.54, 1.807) is 0 Å². The molecular weight excluding hydrogens is 336 g/mol. The van der Waals surface area contributed by atoms with Crippen LogP contribution in [-0.2, 0) is 4.74 Å². The van der Waals surface area contributed by atoms with Crippen molar-refractivity contribution in [1.82, 2.24) is 20.0 Å². The average molecular weight is 387 g/mol. The third-order valence-corrected chi connectivity index (χ3v) is 4.98. The second-order valence-electron chi connectivity index (χ2n) is 8.76. The fourth-order valence-corrected chi connectivity index (χ4v) is 3.22. The minimum atomic E-state index is 0.513. The van der Waals surface area contributed by atoms with Crippen LogP contribution in [-0.4, -0.2) is 94.5 Å². The van der Waals surface area contributed by atoms with Crippen molar-refractivity contribution >= 4 is 0 Å².